The minimum atomic E-state index is -3.92. The molecule has 4 N–H and O–H groups in total. The number of aromatic nitrogens is 1. The van der Waals surface area contributed by atoms with Gasteiger partial charge < -0.3 is 9.72 Å². The number of aryl methyl sites for hydroxylation is 1. The Morgan fingerprint density at radius 1 is 1.15 bits per heavy atom. The number of nitrogens with zero attached hydrogens (tertiary/aromatic N) is 1. The summed E-state index contributed by atoms with van der Waals surface area (Å²) in [5.74, 6) is -0.836. The fourth-order valence-corrected chi connectivity index (χ4v) is 12.1. The van der Waals surface area contributed by atoms with Gasteiger partial charge in [0.05, 0.1) is 17.7 Å². The third-order valence-electron chi connectivity index (χ3n) is 11.9. The van der Waals surface area contributed by atoms with Gasteiger partial charge in [0.2, 0.25) is 0 Å². The van der Waals surface area contributed by atoms with Crippen molar-refractivity contribution < 1.29 is 58.3 Å². The molecule has 0 bridgehead atoms. The molecule has 14 nitrogen and oxygen atoms in total. The van der Waals surface area contributed by atoms with Gasteiger partial charge in [0.25, 0.3) is 5.56 Å². The fraction of sp³-hybridized carbons (Fsp3) is 0.643. The number of nitrogens with one attached hydrogen (secondary N) is 4. The molecule has 0 spiro atoms. The van der Waals surface area contributed by atoms with Crippen LogP contribution < -0.4 is 46.9 Å². The zero-order chi connectivity index (χ0) is 42.9. The van der Waals surface area contributed by atoms with Gasteiger partial charge in [0.1, 0.15) is 5.75 Å². The molecule has 17 heteroatoms. The molecule has 1 aromatic carbocycles. The molecular formula is C42H58BrIN5O9S-. The Balaban J connectivity index is 0.985. The number of carbonyl (C=O) groups is 4. The number of pyridine rings is 1. The number of likely N-dealkylation sites (tertiary alicyclic amines) is 1. The van der Waals surface area contributed by atoms with E-state index in [1.807, 2.05) is 45.9 Å². The molecule has 0 radical (unpaired) electrons. The number of unbranched alkanes of at least 4 members (excludes halogenated alkanes) is 2. The Morgan fingerprint density at radius 3 is 2.56 bits per heavy atom. The zero-order valence-corrected chi connectivity index (χ0v) is 39.1. The van der Waals surface area contributed by atoms with Gasteiger partial charge in [-0.1, -0.05) is 34.8 Å². The summed E-state index contributed by atoms with van der Waals surface area (Å²) in [6.07, 6.45) is 8.07. The zero-order valence-electron chi connectivity index (χ0n) is 34.6. The van der Waals surface area contributed by atoms with Crippen LogP contribution in [0.15, 0.2) is 35.6 Å². The van der Waals surface area contributed by atoms with Crippen molar-refractivity contribution in [2.24, 2.45) is 11.3 Å². The van der Waals surface area contributed by atoms with Crippen LogP contribution in [0.2, 0.25) is 0 Å². The van der Waals surface area contributed by atoms with Crippen molar-refractivity contribution in [3.63, 3.8) is 0 Å². The number of hydrogen-bond acceptors (Lipinski definition) is 9. The van der Waals surface area contributed by atoms with Crippen LogP contribution >= 0.6 is 15.9 Å². The normalized spacial score (nSPS) is 24.9. The first-order valence-corrected chi connectivity index (χ1v) is 25.5. The SMILES string of the molecule is C=C[C@@H]1[I-][C@]1(NC(=O)[C@@H]1CCCN1C(=O)[C@@H](NC(=O)OC1C[C@H]1CCCCCc1c(OCCCBr)c2ccc(C)cc2[nH]c1=O)C(C)(C)C)C(=O)NS(=O)(=O)C1(C)CC1. The van der Waals surface area contributed by atoms with Crippen LogP contribution in [-0.2, 0) is 35.6 Å². The van der Waals surface area contributed by atoms with Crippen molar-refractivity contribution in [3.8, 4) is 5.75 Å². The van der Waals surface area contributed by atoms with E-state index < -0.39 is 80.8 Å². The molecule has 2 aliphatic heterocycles. The number of benzene rings is 1. The summed E-state index contributed by atoms with van der Waals surface area (Å²) in [6.45, 7) is 13.6. The summed E-state index contributed by atoms with van der Waals surface area (Å²) in [7, 11) is -3.92. The second-order valence-corrected chi connectivity index (χ2v) is 24.4. The predicted molar refractivity (Wildman–Crippen MR) is 224 cm³/mol. The average molecular weight is 1020 g/mol. The van der Waals surface area contributed by atoms with Crippen molar-refractivity contribution in [3.05, 3.63) is 52.3 Å². The van der Waals surface area contributed by atoms with Crippen LogP contribution in [0, 0.1) is 18.3 Å². The number of halogens is 2. The third kappa shape index (κ3) is 10.3. The molecule has 2 aromatic rings. The van der Waals surface area contributed by atoms with Crippen LogP contribution in [-0.4, -0.2) is 91.0 Å². The van der Waals surface area contributed by atoms with Gasteiger partial charge in [0.15, 0.2) is 0 Å². The van der Waals surface area contributed by atoms with E-state index in [-0.39, 0.29) is 28.1 Å². The van der Waals surface area contributed by atoms with Crippen LogP contribution in [0.5, 0.6) is 5.75 Å². The van der Waals surface area contributed by atoms with Gasteiger partial charge in [-0.05, 0) is 50.3 Å². The maximum absolute atomic E-state index is 14.1. The summed E-state index contributed by atoms with van der Waals surface area (Å²) in [4.78, 5) is 72.1. The molecule has 4 amide bonds. The van der Waals surface area contributed by atoms with Crippen LogP contribution in [0.1, 0.15) is 103 Å². The standard InChI is InChI=1S/C42H58BrIN5O9S/c1-7-32-42(44-32,38(53)48-59(55,56)41(6)18-19-41)47-36(51)30-15-11-21-49(30)37(52)34(40(3,4)5)46-39(54)58-31-24-26(31)13-9-8-10-14-28-33(57-22-12-20-43)27-17-16-25(2)23-29(27)45-35(28)50/h7,16-17,23,26,30-32,34H,1,8-15,18-22,24H2,2-6H3,(H,45,50)(H,46,54)(H,47,51)(H,48,53)/q-1/t26-,30+,31?,32+,34-,42-/m1/s1. The molecule has 1 aromatic heterocycles. The Labute approximate surface area is 365 Å². The monoisotopic (exact) mass is 1010 g/mol. The molecular weight excluding hydrogens is 957 g/mol. The average Bonchev–Trinajstić information content (AvgIpc) is 4.13. The van der Waals surface area contributed by atoms with E-state index in [0.717, 1.165) is 60.3 Å². The molecule has 2 saturated carbocycles. The van der Waals surface area contributed by atoms with E-state index in [9.17, 15) is 32.4 Å². The molecule has 3 heterocycles. The van der Waals surface area contributed by atoms with Crippen molar-refractivity contribution in [2.45, 2.75) is 136 Å². The summed E-state index contributed by atoms with van der Waals surface area (Å²) >= 11 is 2.48. The first-order chi connectivity index (χ1) is 27.8. The number of ether oxygens (including phenoxy) is 2. The molecule has 4 fully saturated rings. The first-order valence-electron chi connectivity index (χ1n) is 20.6. The number of rotatable bonds is 19. The van der Waals surface area contributed by atoms with Gasteiger partial charge in [-0.3, -0.25) is 4.79 Å². The minimum absolute atomic E-state index is 0.124. The number of sulfonamides is 1. The molecule has 1 unspecified atom stereocenters. The second kappa shape index (κ2) is 18.0. The summed E-state index contributed by atoms with van der Waals surface area (Å²) in [6, 6.07) is 4.09. The number of alkyl carbamates (subject to hydrolysis) is 1. The summed E-state index contributed by atoms with van der Waals surface area (Å²) in [5, 5.41) is 7.35. The molecule has 326 valence electrons. The van der Waals surface area contributed by atoms with Gasteiger partial charge in [0, 0.05) is 10.7 Å². The number of fused-ring (bicyclic) bond motifs is 1. The molecule has 4 aliphatic rings. The van der Waals surface area contributed by atoms with Crippen LogP contribution in [0.3, 0.4) is 0 Å². The maximum atomic E-state index is 14.1. The number of H-pyrrole nitrogens is 1. The van der Waals surface area contributed by atoms with Crippen LogP contribution in [0.25, 0.3) is 10.9 Å². The third-order valence-corrected chi connectivity index (χ3v) is 18.4. The van der Waals surface area contributed by atoms with Crippen molar-refractivity contribution in [1.82, 2.24) is 25.2 Å². The Bertz CT molecular complexity index is 2140. The van der Waals surface area contributed by atoms with E-state index in [0.29, 0.717) is 50.0 Å². The van der Waals surface area contributed by atoms with E-state index in [2.05, 4.69) is 42.8 Å². The summed E-state index contributed by atoms with van der Waals surface area (Å²) < 4.78 is 37.2. The van der Waals surface area contributed by atoms with Gasteiger partial charge in [-0.25, -0.2) is 0 Å². The van der Waals surface area contributed by atoms with Crippen LogP contribution in [0.4, 0.5) is 4.79 Å². The number of alkyl halides is 3. The number of aromatic amines is 1. The Hall–Kier alpha value is -3.19. The number of hydrogen-bond donors (Lipinski definition) is 4. The molecule has 2 aliphatic carbocycles. The quantitative estimate of drug-likeness (QED) is 0.0537. The summed E-state index contributed by atoms with van der Waals surface area (Å²) in [5.41, 5.74) is 1.64. The van der Waals surface area contributed by atoms with E-state index in [4.69, 9.17) is 9.47 Å². The first kappa shape index (κ1) is 45.3. The van der Waals surface area contributed by atoms with Gasteiger partial charge in [-0.15, -0.1) is 0 Å². The Kier molecular flexibility index (Phi) is 13.9. The Morgan fingerprint density at radius 2 is 1.90 bits per heavy atom. The van der Waals surface area contributed by atoms with Crippen molar-refractivity contribution in [2.75, 3.05) is 18.5 Å². The second-order valence-electron chi connectivity index (χ2n) is 17.7. The van der Waals surface area contributed by atoms with Gasteiger partial charge >= 0.3 is 228 Å². The predicted octanol–water partition coefficient (Wildman–Crippen LogP) is 2.09. The molecule has 6 atom stereocenters. The van der Waals surface area contributed by atoms with E-state index in [1.54, 1.807) is 13.0 Å². The number of amides is 4. The van der Waals surface area contributed by atoms with Crippen molar-refractivity contribution in [1.29, 1.82) is 0 Å². The molecule has 59 heavy (non-hydrogen) atoms. The molecule has 6 rings (SSSR count). The van der Waals surface area contributed by atoms with E-state index >= 15 is 0 Å². The fourth-order valence-electron chi connectivity index (χ4n) is 7.72. The number of carbonyl (C=O) groups excluding carboxylic acids is 4. The molecule has 2 saturated heterocycles. The van der Waals surface area contributed by atoms with E-state index in [1.165, 1.54) is 4.90 Å². The van der Waals surface area contributed by atoms with Gasteiger partial charge in [-0.2, -0.15) is 0 Å². The van der Waals surface area contributed by atoms with Crippen molar-refractivity contribution >= 4 is 60.7 Å². The topological polar surface area (TPSA) is 193 Å².